The first kappa shape index (κ1) is 22.1. The van der Waals surface area contributed by atoms with Crippen molar-refractivity contribution in [2.45, 2.75) is 24.8 Å². The van der Waals surface area contributed by atoms with Crippen molar-refractivity contribution in [3.63, 3.8) is 0 Å². The molecule has 1 unspecified atom stereocenters. The van der Waals surface area contributed by atoms with Gasteiger partial charge >= 0.3 is 0 Å². The lowest BCUT2D eigenvalue weighted by Crippen LogP contribution is -2.48. The summed E-state index contributed by atoms with van der Waals surface area (Å²) in [5, 5.41) is 0. The molecule has 0 N–H and O–H groups in total. The van der Waals surface area contributed by atoms with Crippen molar-refractivity contribution in [2.75, 3.05) is 51.2 Å². The second kappa shape index (κ2) is 9.66. The molecule has 0 aliphatic carbocycles. The fourth-order valence-corrected chi connectivity index (χ4v) is 5.87. The molecular formula is C29H34FN3. The smallest absolute Gasteiger partial charge is 0.123 e. The number of benzene rings is 3. The predicted molar refractivity (Wildman–Crippen MR) is 134 cm³/mol. The normalized spacial score (nSPS) is 21.7. The summed E-state index contributed by atoms with van der Waals surface area (Å²) in [5.74, 6) is -0.167. The Kier molecular flexibility index (Phi) is 6.48. The van der Waals surface area contributed by atoms with Crippen molar-refractivity contribution >= 4 is 5.69 Å². The summed E-state index contributed by atoms with van der Waals surface area (Å²) in [6, 6.07) is 27.1. The first-order valence-electron chi connectivity index (χ1n) is 12.2. The van der Waals surface area contributed by atoms with E-state index in [1.165, 1.54) is 23.1 Å². The summed E-state index contributed by atoms with van der Waals surface area (Å²) >= 11 is 0. The van der Waals surface area contributed by atoms with E-state index < -0.39 is 0 Å². The first-order valence-corrected chi connectivity index (χ1v) is 12.2. The van der Waals surface area contributed by atoms with Gasteiger partial charge in [-0.3, -0.25) is 4.90 Å². The molecule has 2 heterocycles. The molecule has 2 aliphatic rings. The third-order valence-electron chi connectivity index (χ3n) is 7.48. The first-order chi connectivity index (χ1) is 16.1. The summed E-state index contributed by atoms with van der Waals surface area (Å²) in [6.45, 7) is 7.33. The van der Waals surface area contributed by atoms with Crippen LogP contribution in [0.4, 0.5) is 10.1 Å². The molecule has 1 atom stereocenters. The minimum absolute atomic E-state index is 0.0424. The molecule has 0 bridgehead atoms. The SMILES string of the molecule is CN1Cc2ccccc2C(CCCN2CCN(c3ccc(F)cc3)CC2)(c2ccccc2)C1. The van der Waals surface area contributed by atoms with E-state index in [1.807, 2.05) is 12.1 Å². The van der Waals surface area contributed by atoms with Crippen molar-refractivity contribution < 1.29 is 4.39 Å². The molecule has 33 heavy (non-hydrogen) atoms. The Morgan fingerprint density at radius 2 is 1.52 bits per heavy atom. The van der Waals surface area contributed by atoms with Crippen LogP contribution in [-0.2, 0) is 12.0 Å². The van der Waals surface area contributed by atoms with E-state index in [0.29, 0.717) is 0 Å². The van der Waals surface area contributed by atoms with Gasteiger partial charge in [0.1, 0.15) is 5.82 Å². The number of rotatable bonds is 6. The van der Waals surface area contributed by atoms with E-state index in [1.54, 1.807) is 12.1 Å². The Hall–Kier alpha value is -2.69. The van der Waals surface area contributed by atoms with Gasteiger partial charge < -0.3 is 9.80 Å². The predicted octanol–water partition coefficient (Wildman–Crippen LogP) is 5.16. The van der Waals surface area contributed by atoms with Gasteiger partial charge in [0.25, 0.3) is 0 Å². The zero-order chi connectivity index (χ0) is 22.7. The second-order valence-corrected chi connectivity index (χ2v) is 9.69. The van der Waals surface area contributed by atoms with Gasteiger partial charge in [0.2, 0.25) is 0 Å². The summed E-state index contributed by atoms with van der Waals surface area (Å²) in [5.41, 5.74) is 5.57. The van der Waals surface area contributed by atoms with Crippen LogP contribution in [0, 0.1) is 5.82 Å². The maximum Gasteiger partial charge on any atom is 0.123 e. The molecule has 0 radical (unpaired) electrons. The summed E-state index contributed by atoms with van der Waals surface area (Å²) < 4.78 is 13.2. The Balaban J connectivity index is 1.27. The number of nitrogens with zero attached hydrogens (tertiary/aromatic N) is 3. The highest BCUT2D eigenvalue weighted by Gasteiger charge is 2.39. The summed E-state index contributed by atoms with van der Waals surface area (Å²) in [4.78, 5) is 7.45. The maximum absolute atomic E-state index is 13.2. The van der Waals surface area contributed by atoms with E-state index in [4.69, 9.17) is 0 Å². The summed E-state index contributed by atoms with van der Waals surface area (Å²) in [6.07, 6.45) is 2.32. The van der Waals surface area contributed by atoms with Gasteiger partial charge in [-0.15, -0.1) is 0 Å². The number of fused-ring (bicyclic) bond motifs is 1. The molecule has 3 aromatic rings. The van der Waals surface area contributed by atoms with Crippen LogP contribution >= 0.6 is 0 Å². The molecule has 0 saturated carbocycles. The Labute approximate surface area is 197 Å². The number of likely N-dealkylation sites (N-methyl/N-ethyl adjacent to an activating group) is 1. The van der Waals surface area contributed by atoms with Crippen molar-refractivity contribution in [1.82, 2.24) is 9.80 Å². The average molecular weight is 444 g/mol. The minimum atomic E-state index is -0.167. The molecule has 0 spiro atoms. The van der Waals surface area contributed by atoms with Gasteiger partial charge in [0.05, 0.1) is 0 Å². The highest BCUT2D eigenvalue weighted by molar-refractivity contribution is 5.47. The fraction of sp³-hybridized carbons (Fsp3) is 0.379. The molecule has 0 amide bonds. The quantitative estimate of drug-likeness (QED) is 0.521. The Bertz CT molecular complexity index is 1040. The van der Waals surface area contributed by atoms with Crippen LogP contribution in [0.5, 0.6) is 0 Å². The standard InChI is InChI=1S/C29H34FN3/c1-31-22-24-8-5-6-11-28(24)29(23-31,25-9-3-2-4-10-25)16-7-17-32-18-20-33(21-19-32)27-14-12-26(30)13-15-27/h2-6,8-15H,7,16-23H2,1H3. The molecule has 3 nitrogen and oxygen atoms in total. The van der Waals surface area contributed by atoms with Crippen LogP contribution in [0.2, 0.25) is 0 Å². The van der Waals surface area contributed by atoms with Gasteiger partial charge in [-0.05, 0) is 67.4 Å². The molecular weight excluding hydrogens is 409 g/mol. The van der Waals surface area contributed by atoms with Crippen molar-refractivity contribution in [1.29, 1.82) is 0 Å². The zero-order valence-electron chi connectivity index (χ0n) is 19.6. The third-order valence-corrected chi connectivity index (χ3v) is 7.48. The van der Waals surface area contributed by atoms with E-state index in [2.05, 4.69) is 76.3 Å². The van der Waals surface area contributed by atoms with Crippen molar-refractivity contribution in [3.05, 3.63) is 101 Å². The lowest BCUT2D eigenvalue weighted by molar-refractivity contribution is 0.207. The average Bonchev–Trinajstić information content (AvgIpc) is 2.85. The Morgan fingerprint density at radius 1 is 0.818 bits per heavy atom. The molecule has 172 valence electrons. The van der Waals surface area contributed by atoms with Gasteiger partial charge in [-0.25, -0.2) is 4.39 Å². The van der Waals surface area contributed by atoms with Crippen molar-refractivity contribution in [2.24, 2.45) is 0 Å². The molecule has 1 fully saturated rings. The van der Waals surface area contributed by atoms with E-state index in [9.17, 15) is 4.39 Å². The third kappa shape index (κ3) is 4.68. The molecule has 1 saturated heterocycles. The van der Waals surface area contributed by atoms with Crippen LogP contribution in [-0.4, -0.2) is 56.1 Å². The van der Waals surface area contributed by atoms with Crippen LogP contribution in [0.3, 0.4) is 0 Å². The lowest BCUT2D eigenvalue weighted by Gasteiger charge is -2.44. The topological polar surface area (TPSA) is 9.72 Å². The van der Waals surface area contributed by atoms with Crippen LogP contribution < -0.4 is 4.90 Å². The number of hydrogen-bond acceptors (Lipinski definition) is 3. The molecule has 4 heteroatoms. The van der Waals surface area contributed by atoms with Gasteiger partial charge in [0.15, 0.2) is 0 Å². The number of piperazine rings is 1. The second-order valence-electron chi connectivity index (χ2n) is 9.69. The largest absolute Gasteiger partial charge is 0.369 e. The van der Waals surface area contributed by atoms with Crippen molar-refractivity contribution in [3.8, 4) is 0 Å². The fourth-order valence-electron chi connectivity index (χ4n) is 5.87. The molecule has 0 aromatic heterocycles. The maximum atomic E-state index is 13.2. The van der Waals surface area contributed by atoms with E-state index >= 15 is 0 Å². The van der Waals surface area contributed by atoms with E-state index in [0.717, 1.165) is 57.9 Å². The number of halogens is 1. The van der Waals surface area contributed by atoms with Gasteiger partial charge in [0, 0.05) is 50.4 Å². The van der Waals surface area contributed by atoms with Gasteiger partial charge in [-0.2, -0.15) is 0 Å². The number of anilines is 1. The molecule has 2 aliphatic heterocycles. The number of hydrogen-bond donors (Lipinski definition) is 0. The minimum Gasteiger partial charge on any atom is -0.369 e. The van der Waals surface area contributed by atoms with Crippen LogP contribution in [0.15, 0.2) is 78.9 Å². The van der Waals surface area contributed by atoms with Crippen LogP contribution in [0.1, 0.15) is 29.5 Å². The molecule has 5 rings (SSSR count). The monoisotopic (exact) mass is 443 g/mol. The highest BCUT2D eigenvalue weighted by atomic mass is 19.1. The van der Waals surface area contributed by atoms with Gasteiger partial charge in [-0.1, -0.05) is 54.6 Å². The Morgan fingerprint density at radius 3 is 2.27 bits per heavy atom. The van der Waals surface area contributed by atoms with E-state index in [-0.39, 0.29) is 11.2 Å². The zero-order valence-corrected chi connectivity index (χ0v) is 19.6. The van der Waals surface area contributed by atoms with Crippen LogP contribution in [0.25, 0.3) is 0 Å². The highest BCUT2D eigenvalue weighted by Crippen LogP contribution is 2.42. The summed E-state index contributed by atoms with van der Waals surface area (Å²) in [7, 11) is 2.25. The lowest BCUT2D eigenvalue weighted by atomic mass is 9.67. The molecule has 3 aromatic carbocycles.